The van der Waals surface area contributed by atoms with Crippen LogP contribution in [0.3, 0.4) is 0 Å². The van der Waals surface area contributed by atoms with E-state index in [1.165, 1.54) is 6.07 Å². The van der Waals surface area contributed by atoms with Gasteiger partial charge in [-0.2, -0.15) is 0 Å². The molecule has 4 heteroatoms. The molecule has 2 aromatic carbocycles. The topological polar surface area (TPSA) is 29.3 Å². The summed E-state index contributed by atoms with van der Waals surface area (Å²) in [7, 11) is 0. The van der Waals surface area contributed by atoms with Crippen LogP contribution in [-0.2, 0) is 13.1 Å². The Labute approximate surface area is 123 Å². The number of nitrogens with zero attached hydrogens (tertiary/aromatic N) is 1. The highest BCUT2D eigenvalue weighted by Crippen LogP contribution is 2.36. The maximum atomic E-state index is 13.9. The third-order valence-electron chi connectivity index (χ3n) is 3.87. The molecule has 0 aliphatic carbocycles. The summed E-state index contributed by atoms with van der Waals surface area (Å²) in [6.45, 7) is 1.73. The lowest BCUT2D eigenvalue weighted by Crippen LogP contribution is -2.27. The van der Waals surface area contributed by atoms with Gasteiger partial charge in [-0.25, -0.2) is 4.39 Å². The third-order valence-corrected chi connectivity index (χ3v) is 4.24. The maximum Gasteiger partial charge on any atom is 0.128 e. The highest BCUT2D eigenvalue weighted by molar-refractivity contribution is 6.31. The largest absolute Gasteiger partial charge is 0.329 e. The zero-order chi connectivity index (χ0) is 14.1. The van der Waals surface area contributed by atoms with Gasteiger partial charge >= 0.3 is 0 Å². The molecule has 1 unspecified atom stereocenters. The van der Waals surface area contributed by atoms with E-state index in [0.29, 0.717) is 19.6 Å². The number of hydrogen-bond donors (Lipinski definition) is 1. The van der Waals surface area contributed by atoms with Crippen molar-refractivity contribution in [1.29, 1.82) is 0 Å². The normalized spacial score (nSPS) is 18.2. The van der Waals surface area contributed by atoms with Crippen LogP contribution in [0.2, 0.25) is 5.02 Å². The van der Waals surface area contributed by atoms with E-state index in [0.717, 1.165) is 21.7 Å². The van der Waals surface area contributed by atoms with Gasteiger partial charge in [0.05, 0.1) is 0 Å². The van der Waals surface area contributed by atoms with Crippen LogP contribution in [0.1, 0.15) is 22.7 Å². The standard InChI is InChI=1S/C16H16ClFN2/c17-14-6-2-1-4-11(14)9-20-10-13-12(16(20)8-19)5-3-7-15(13)18/h1-7,16H,8-10,19H2. The Morgan fingerprint density at radius 2 is 2.00 bits per heavy atom. The van der Waals surface area contributed by atoms with Crippen molar-refractivity contribution in [2.75, 3.05) is 6.54 Å². The molecule has 2 nitrogen and oxygen atoms in total. The van der Waals surface area contributed by atoms with Gasteiger partial charge in [0.15, 0.2) is 0 Å². The van der Waals surface area contributed by atoms with Gasteiger partial charge in [-0.05, 0) is 23.3 Å². The molecule has 1 aliphatic heterocycles. The minimum absolute atomic E-state index is 0.0528. The Morgan fingerprint density at radius 3 is 2.75 bits per heavy atom. The fourth-order valence-corrected chi connectivity index (χ4v) is 3.05. The smallest absolute Gasteiger partial charge is 0.128 e. The van der Waals surface area contributed by atoms with Crippen LogP contribution in [-0.4, -0.2) is 11.4 Å². The van der Waals surface area contributed by atoms with Gasteiger partial charge in [-0.3, -0.25) is 4.90 Å². The van der Waals surface area contributed by atoms with Gasteiger partial charge in [-0.1, -0.05) is 41.9 Å². The van der Waals surface area contributed by atoms with E-state index in [4.69, 9.17) is 17.3 Å². The predicted molar refractivity (Wildman–Crippen MR) is 78.9 cm³/mol. The van der Waals surface area contributed by atoms with Crippen LogP contribution < -0.4 is 5.73 Å². The molecule has 0 bridgehead atoms. The van der Waals surface area contributed by atoms with E-state index in [1.807, 2.05) is 30.3 Å². The SMILES string of the molecule is NCC1c2cccc(F)c2CN1Cc1ccccc1Cl. The molecular formula is C16H16ClFN2. The van der Waals surface area contributed by atoms with Crippen LogP contribution >= 0.6 is 11.6 Å². The lowest BCUT2D eigenvalue weighted by atomic mass is 10.0. The van der Waals surface area contributed by atoms with E-state index < -0.39 is 0 Å². The van der Waals surface area contributed by atoms with Crippen molar-refractivity contribution in [1.82, 2.24) is 4.90 Å². The average molecular weight is 291 g/mol. The van der Waals surface area contributed by atoms with Crippen LogP contribution in [0, 0.1) is 5.82 Å². The Morgan fingerprint density at radius 1 is 1.20 bits per heavy atom. The molecule has 1 aliphatic rings. The molecule has 0 saturated carbocycles. The summed E-state index contributed by atoms with van der Waals surface area (Å²) in [6.07, 6.45) is 0. The van der Waals surface area contributed by atoms with Gasteiger partial charge < -0.3 is 5.73 Å². The molecule has 0 amide bonds. The highest BCUT2D eigenvalue weighted by Gasteiger charge is 2.31. The van der Waals surface area contributed by atoms with Crippen molar-refractivity contribution in [2.24, 2.45) is 5.73 Å². The molecule has 0 fully saturated rings. The predicted octanol–water partition coefficient (Wildman–Crippen LogP) is 3.49. The first kappa shape index (κ1) is 13.6. The number of fused-ring (bicyclic) bond motifs is 1. The van der Waals surface area contributed by atoms with Gasteiger partial charge in [0.1, 0.15) is 5.82 Å². The summed E-state index contributed by atoms with van der Waals surface area (Å²) in [6, 6.07) is 13.0. The zero-order valence-corrected chi connectivity index (χ0v) is 11.8. The maximum absolute atomic E-state index is 13.9. The van der Waals surface area contributed by atoms with Gasteiger partial charge in [0.2, 0.25) is 0 Å². The fourth-order valence-electron chi connectivity index (χ4n) is 2.85. The number of rotatable bonds is 3. The number of nitrogens with two attached hydrogens (primary N) is 1. The van der Waals surface area contributed by atoms with Crippen LogP contribution in [0.25, 0.3) is 0 Å². The summed E-state index contributed by atoms with van der Waals surface area (Å²) in [5.74, 6) is -0.150. The molecule has 1 atom stereocenters. The second kappa shape index (κ2) is 5.52. The van der Waals surface area contributed by atoms with Crippen molar-refractivity contribution in [3.8, 4) is 0 Å². The zero-order valence-electron chi connectivity index (χ0n) is 11.0. The monoisotopic (exact) mass is 290 g/mol. The summed E-state index contributed by atoms with van der Waals surface area (Å²) in [5.41, 5.74) is 8.69. The van der Waals surface area contributed by atoms with Crippen molar-refractivity contribution in [3.63, 3.8) is 0 Å². The second-order valence-electron chi connectivity index (χ2n) is 5.06. The molecule has 2 N–H and O–H groups in total. The minimum atomic E-state index is -0.150. The summed E-state index contributed by atoms with van der Waals surface area (Å²) in [5, 5.41) is 0.736. The first-order valence-corrected chi connectivity index (χ1v) is 7.03. The Kier molecular flexibility index (Phi) is 3.74. The summed E-state index contributed by atoms with van der Waals surface area (Å²) in [4.78, 5) is 2.18. The van der Waals surface area contributed by atoms with E-state index in [1.54, 1.807) is 6.07 Å². The second-order valence-corrected chi connectivity index (χ2v) is 5.46. The minimum Gasteiger partial charge on any atom is -0.329 e. The van der Waals surface area contributed by atoms with E-state index >= 15 is 0 Å². The number of halogens is 2. The van der Waals surface area contributed by atoms with Crippen LogP contribution in [0.5, 0.6) is 0 Å². The Balaban J connectivity index is 1.90. The van der Waals surface area contributed by atoms with E-state index in [2.05, 4.69) is 4.90 Å². The van der Waals surface area contributed by atoms with Crippen LogP contribution in [0.15, 0.2) is 42.5 Å². The lowest BCUT2D eigenvalue weighted by molar-refractivity contribution is 0.210. The van der Waals surface area contributed by atoms with Gasteiger partial charge in [0.25, 0.3) is 0 Å². The quantitative estimate of drug-likeness (QED) is 0.937. The van der Waals surface area contributed by atoms with Crippen LogP contribution in [0.4, 0.5) is 4.39 Å². The van der Waals surface area contributed by atoms with E-state index in [9.17, 15) is 4.39 Å². The summed E-state index contributed by atoms with van der Waals surface area (Å²) < 4.78 is 13.9. The van der Waals surface area contributed by atoms with Crippen molar-refractivity contribution < 1.29 is 4.39 Å². The molecule has 20 heavy (non-hydrogen) atoms. The van der Waals surface area contributed by atoms with Crippen molar-refractivity contribution >= 4 is 11.6 Å². The average Bonchev–Trinajstić information content (AvgIpc) is 2.80. The van der Waals surface area contributed by atoms with Crippen molar-refractivity contribution in [3.05, 3.63) is 70.0 Å². The molecule has 1 heterocycles. The third kappa shape index (κ3) is 2.33. The van der Waals surface area contributed by atoms with E-state index in [-0.39, 0.29) is 11.9 Å². The van der Waals surface area contributed by atoms with Gasteiger partial charge in [0, 0.05) is 36.3 Å². The molecule has 3 rings (SSSR count). The highest BCUT2D eigenvalue weighted by atomic mass is 35.5. The fraction of sp³-hybridized carbons (Fsp3) is 0.250. The van der Waals surface area contributed by atoms with Gasteiger partial charge in [-0.15, -0.1) is 0 Å². The Hall–Kier alpha value is -1.42. The molecular weight excluding hydrogens is 275 g/mol. The molecule has 0 saturated heterocycles. The molecule has 0 radical (unpaired) electrons. The Bertz CT molecular complexity index is 630. The lowest BCUT2D eigenvalue weighted by Gasteiger charge is -2.24. The number of hydrogen-bond acceptors (Lipinski definition) is 2. The molecule has 0 aromatic heterocycles. The molecule has 0 spiro atoms. The van der Waals surface area contributed by atoms with Crippen molar-refractivity contribution in [2.45, 2.75) is 19.1 Å². The molecule has 2 aromatic rings. The summed E-state index contributed by atoms with van der Waals surface area (Å²) >= 11 is 6.20. The first-order valence-electron chi connectivity index (χ1n) is 6.65. The number of benzene rings is 2. The molecule has 104 valence electrons. The first-order chi connectivity index (χ1) is 9.70.